The Hall–Kier alpha value is -1.81. The molecule has 0 bridgehead atoms. The van der Waals surface area contributed by atoms with Crippen molar-refractivity contribution in [2.75, 3.05) is 14.1 Å². The topological polar surface area (TPSA) is 51.3 Å². The monoisotopic (exact) mass is 231 g/mol. The predicted molar refractivity (Wildman–Crippen MR) is 68.5 cm³/mol. The molecule has 0 aliphatic carbocycles. The first-order valence-electron chi connectivity index (χ1n) is 5.60. The van der Waals surface area contributed by atoms with Gasteiger partial charge in [0.1, 0.15) is 6.54 Å². The number of benzene rings is 1. The highest BCUT2D eigenvalue weighted by Gasteiger charge is 2.09. The van der Waals surface area contributed by atoms with Gasteiger partial charge in [-0.15, -0.1) is 0 Å². The molecule has 90 valence electrons. The highest BCUT2D eigenvalue weighted by Crippen LogP contribution is 2.20. The van der Waals surface area contributed by atoms with E-state index < -0.39 is 0 Å². The first-order valence-corrected chi connectivity index (χ1v) is 5.60. The van der Waals surface area contributed by atoms with E-state index in [9.17, 15) is 4.79 Å². The molecule has 1 aromatic carbocycles. The third-order valence-electron chi connectivity index (χ3n) is 2.90. The maximum Gasteiger partial charge on any atom is 0.241 e. The van der Waals surface area contributed by atoms with Crippen LogP contribution in [-0.4, -0.2) is 29.5 Å². The quantitative estimate of drug-likeness (QED) is 0.862. The molecule has 2 aromatic rings. The van der Waals surface area contributed by atoms with Crippen LogP contribution in [-0.2, 0) is 17.9 Å². The molecule has 2 rings (SSSR count). The zero-order chi connectivity index (χ0) is 12.4. The van der Waals surface area contributed by atoms with Crippen LogP contribution in [0, 0.1) is 0 Å². The molecule has 0 atom stereocenters. The number of hydrogen-bond donors (Lipinski definition) is 1. The number of carbonyl (C=O) groups excluding carboxylic acids is 1. The van der Waals surface area contributed by atoms with Crippen LogP contribution in [0.1, 0.15) is 5.56 Å². The van der Waals surface area contributed by atoms with Crippen LogP contribution >= 0.6 is 0 Å². The van der Waals surface area contributed by atoms with Gasteiger partial charge in [-0.1, -0.05) is 18.2 Å². The van der Waals surface area contributed by atoms with Crippen molar-refractivity contribution in [1.82, 2.24) is 9.47 Å². The van der Waals surface area contributed by atoms with Crippen LogP contribution in [0.4, 0.5) is 0 Å². The molecule has 0 aliphatic heterocycles. The van der Waals surface area contributed by atoms with E-state index in [4.69, 9.17) is 5.73 Å². The summed E-state index contributed by atoms with van der Waals surface area (Å²) < 4.78 is 1.96. The SMILES string of the molecule is CN(C)C(=O)Cn1ccc2cccc(CN)c21. The number of carbonyl (C=O) groups is 1. The minimum absolute atomic E-state index is 0.0781. The van der Waals surface area contributed by atoms with Gasteiger partial charge in [0.15, 0.2) is 0 Å². The van der Waals surface area contributed by atoms with Crippen molar-refractivity contribution in [2.45, 2.75) is 13.1 Å². The molecule has 1 amide bonds. The zero-order valence-electron chi connectivity index (χ0n) is 10.2. The van der Waals surface area contributed by atoms with E-state index in [0.717, 1.165) is 16.5 Å². The third kappa shape index (κ3) is 2.17. The molecule has 0 aliphatic rings. The Morgan fingerprint density at radius 1 is 1.35 bits per heavy atom. The summed E-state index contributed by atoms with van der Waals surface area (Å²) in [4.78, 5) is 13.3. The van der Waals surface area contributed by atoms with E-state index in [1.165, 1.54) is 0 Å². The highest BCUT2D eigenvalue weighted by molar-refractivity contribution is 5.85. The molecule has 0 saturated carbocycles. The van der Waals surface area contributed by atoms with Crippen molar-refractivity contribution in [2.24, 2.45) is 5.73 Å². The Bertz CT molecular complexity index is 543. The van der Waals surface area contributed by atoms with Crippen molar-refractivity contribution in [3.8, 4) is 0 Å². The van der Waals surface area contributed by atoms with E-state index in [1.807, 2.05) is 35.0 Å². The average Bonchev–Trinajstić information content (AvgIpc) is 2.72. The van der Waals surface area contributed by atoms with Crippen molar-refractivity contribution < 1.29 is 4.79 Å². The maximum atomic E-state index is 11.7. The Morgan fingerprint density at radius 3 is 2.76 bits per heavy atom. The molecule has 0 saturated heterocycles. The number of nitrogens with two attached hydrogens (primary N) is 1. The number of nitrogens with zero attached hydrogens (tertiary/aromatic N) is 2. The van der Waals surface area contributed by atoms with Crippen LogP contribution < -0.4 is 5.73 Å². The number of rotatable bonds is 3. The van der Waals surface area contributed by atoms with Crippen LogP contribution in [0.2, 0.25) is 0 Å². The van der Waals surface area contributed by atoms with E-state index in [2.05, 4.69) is 0 Å². The normalized spacial score (nSPS) is 10.8. The molecular weight excluding hydrogens is 214 g/mol. The summed E-state index contributed by atoms with van der Waals surface area (Å²) in [6.45, 7) is 0.838. The van der Waals surface area contributed by atoms with Gasteiger partial charge in [-0.25, -0.2) is 0 Å². The van der Waals surface area contributed by atoms with Crippen LogP contribution in [0.5, 0.6) is 0 Å². The fraction of sp³-hybridized carbons (Fsp3) is 0.308. The van der Waals surface area contributed by atoms with Gasteiger partial charge < -0.3 is 15.2 Å². The van der Waals surface area contributed by atoms with E-state index in [0.29, 0.717) is 13.1 Å². The summed E-state index contributed by atoms with van der Waals surface area (Å²) in [5, 5.41) is 1.12. The minimum Gasteiger partial charge on any atom is -0.347 e. The Labute approximate surface area is 101 Å². The first kappa shape index (κ1) is 11.7. The van der Waals surface area contributed by atoms with Crippen molar-refractivity contribution in [3.05, 3.63) is 36.0 Å². The van der Waals surface area contributed by atoms with E-state index in [1.54, 1.807) is 19.0 Å². The van der Waals surface area contributed by atoms with Crippen LogP contribution in [0.25, 0.3) is 10.9 Å². The largest absolute Gasteiger partial charge is 0.347 e. The number of hydrogen-bond acceptors (Lipinski definition) is 2. The molecule has 4 heteroatoms. The molecule has 0 spiro atoms. The molecule has 4 nitrogen and oxygen atoms in total. The number of likely N-dealkylation sites (N-methyl/N-ethyl adjacent to an activating group) is 1. The molecule has 0 unspecified atom stereocenters. The summed E-state index contributed by atoms with van der Waals surface area (Å²) in [5.41, 5.74) is 7.85. The lowest BCUT2D eigenvalue weighted by atomic mass is 10.1. The molecule has 17 heavy (non-hydrogen) atoms. The molecule has 2 N–H and O–H groups in total. The second kappa shape index (κ2) is 4.59. The Morgan fingerprint density at radius 2 is 2.12 bits per heavy atom. The second-order valence-electron chi connectivity index (χ2n) is 4.29. The molecule has 0 fully saturated rings. The summed E-state index contributed by atoms with van der Waals surface area (Å²) in [7, 11) is 3.52. The van der Waals surface area contributed by atoms with Gasteiger partial charge in [-0.05, 0) is 17.0 Å². The van der Waals surface area contributed by atoms with Crippen LogP contribution in [0.3, 0.4) is 0 Å². The number of fused-ring (bicyclic) bond motifs is 1. The summed E-state index contributed by atoms with van der Waals surface area (Å²) in [6, 6.07) is 8.03. The van der Waals surface area contributed by atoms with Gasteiger partial charge in [-0.3, -0.25) is 4.79 Å². The molecule has 1 aromatic heterocycles. The van der Waals surface area contributed by atoms with Crippen molar-refractivity contribution >= 4 is 16.8 Å². The minimum atomic E-state index is 0.0781. The molecule has 1 heterocycles. The number of aromatic nitrogens is 1. The summed E-state index contributed by atoms with van der Waals surface area (Å²) in [5.74, 6) is 0.0781. The lowest BCUT2D eigenvalue weighted by molar-refractivity contribution is -0.129. The van der Waals surface area contributed by atoms with E-state index in [-0.39, 0.29) is 5.91 Å². The smallest absolute Gasteiger partial charge is 0.241 e. The standard InChI is InChI=1S/C13H17N3O/c1-15(2)12(17)9-16-7-6-10-4-3-5-11(8-14)13(10)16/h3-7H,8-9,14H2,1-2H3. The summed E-state index contributed by atoms with van der Waals surface area (Å²) >= 11 is 0. The third-order valence-corrected chi connectivity index (χ3v) is 2.90. The Balaban J connectivity index is 2.44. The van der Waals surface area contributed by atoms with Gasteiger partial charge in [0.05, 0.1) is 5.52 Å². The fourth-order valence-electron chi connectivity index (χ4n) is 1.92. The van der Waals surface area contributed by atoms with Crippen molar-refractivity contribution in [3.63, 3.8) is 0 Å². The van der Waals surface area contributed by atoms with Crippen LogP contribution in [0.15, 0.2) is 30.5 Å². The maximum absolute atomic E-state index is 11.7. The predicted octanol–water partition coefficient (Wildman–Crippen LogP) is 1.19. The average molecular weight is 231 g/mol. The molecular formula is C13H17N3O. The first-order chi connectivity index (χ1) is 8.13. The second-order valence-corrected chi connectivity index (χ2v) is 4.29. The van der Waals surface area contributed by atoms with Gasteiger partial charge in [0.2, 0.25) is 5.91 Å². The van der Waals surface area contributed by atoms with E-state index >= 15 is 0 Å². The van der Waals surface area contributed by atoms with Gasteiger partial charge in [0, 0.05) is 26.8 Å². The number of para-hydroxylation sites is 1. The number of amides is 1. The Kier molecular flexibility index (Phi) is 3.15. The molecule has 0 radical (unpaired) electrons. The van der Waals surface area contributed by atoms with Crippen molar-refractivity contribution in [1.29, 1.82) is 0 Å². The lowest BCUT2D eigenvalue weighted by Gasteiger charge is -2.12. The van der Waals surface area contributed by atoms with Gasteiger partial charge in [0.25, 0.3) is 0 Å². The van der Waals surface area contributed by atoms with Gasteiger partial charge in [-0.2, -0.15) is 0 Å². The lowest BCUT2D eigenvalue weighted by Crippen LogP contribution is -2.26. The fourth-order valence-corrected chi connectivity index (χ4v) is 1.92. The van der Waals surface area contributed by atoms with Gasteiger partial charge >= 0.3 is 0 Å². The summed E-state index contributed by atoms with van der Waals surface area (Å²) in [6.07, 6.45) is 1.94. The highest BCUT2D eigenvalue weighted by atomic mass is 16.2. The zero-order valence-corrected chi connectivity index (χ0v) is 10.2.